The minimum absolute atomic E-state index is 0.00357. The number of benzene rings is 1. The Labute approximate surface area is 106 Å². The van der Waals surface area contributed by atoms with Crippen molar-refractivity contribution >= 4 is 11.8 Å². The van der Waals surface area contributed by atoms with Crippen LogP contribution in [0.4, 0.5) is 0 Å². The Morgan fingerprint density at radius 2 is 1.89 bits per heavy atom. The Morgan fingerprint density at radius 1 is 1.22 bits per heavy atom. The molecular formula is C15H16O3. The zero-order valence-corrected chi connectivity index (χ0v) is 10.6. The first-order chi connectivity index (χ1) is 8.49. The molecule has 0 bridgehead atoms. The van der Waals surface area contributed by atoms with E-state index in [1.807, 2.05) is 37.3 Å². The van der Waals surface area contributed by atoms with Gasteiger partial charge in [-0.2, -0.15) is 0 Å². The lowest BCUT2D eigenvalue weighted by Gasteiger charge is -2.32. The van der Waals surface area contributed by atoms with Gasteiger partial charge in [0.05, 0.1) is 0 Å². The fraction of sp³-hybridized carbons (Fsp3) is 0.333. The van der Waals surface area contributed by atoms with Crippen LogP contribution in [0.5, 0.6) is 0 Å². The molecule has 2 rings (SSSR count). The van der Waals surface area contributed by atoms with E-state index in [1.165, 1.54) is 13.0 Å². The highest BCUT2D eigenvalue weighted by molar-refractivity contribution is 5.92. The predicted molar refractivity (Wildman–Crippen MR) is 67.9 cm³/mol. The van der Waals surface area contributed by atoms with Crippen molar-refractivity contribution in [3.63, 3.8) is 0 Å². The third-order valence-corrected chi connectivity index (χ3v) is 3.20. The summed E-state index contributed by atoms with van der Waals surface area (Å²) >= 11 is 0. The van der Waals surface area contributed by atoms with Crippen LogP contribution in [-0.4, -0.2) is 11.8 Å². The SMILES string of the molecule is CC(=O)OC1=CC(=O)CC(C)(c2ccccc2)C1. The number of allylic oxidation sites excluding steroid dienone is 2. The highest BCUT2D eigenvalue weighted by atomic mass is 16.5. The van der Waals surface area contributed by atoms with Crippen molar-refractivity contribution in [1.82, 2.24) is 0 Å². The largest absolute Gasteiger partial charge is 0.431 e. The molecule has 3 heteroatoms. The molecule has 0 saturated carbocycles. The molecular weight excluding hydrogens is 228 g/mol. The summed E-state index contributed by atoms with van der Waals surface area (Å²) in [6, 6.07) is 9.86. The molecule has 3 nitrogen and oxygen atoms in total. The maximum Gasteiger partial charge on any atom is 0.307 e. The maximum absolute atomic E-state index is 11.8. The molecule has 0 spiro atoms. The lowest BCUT2D eigenvalue weighted by molar-refractivity contribution is -0.137. The van der Waals surface area contributed by atoms with Crippen LogP contribution in [0.25, 0.3) is 0 Å². The zero-order valence-electron chi connectivity index (χ0n) is 10.6. The second-order valence-corrected chi connectivity index (χ2v) is 4.95. The number of carbonyl (C=O) groups excluding carboxylic acids is 2. The molecule has 1 atom stereocenters. The summed E-state index contributed by atoms with van der Waals surface area (Å²) in [5.74, 6) is 0.0836. The fourth-order valence-electron chi connectivity index (χ4n) is 2.41. The van der Waals surface area contributed by atoms with Crippen LogP contribution in [0.2, 0.25) is 0 Å². The van der Waals surface area contributed by atoms with Gasteiger partial charge in [0.15, 0.2) is 5.78 Å². The molecule has 0 saturated heterocycles. The van der Waals surface area contributed by atoms with Crippen molar-refractivity contribution < 1.29 is 14.3 Å². The van der Waals surface area contributed by atoms with Gasteiger partial charge in [0.25, 0.3) is 0 Å². The van der Waals surface area contributed by atoms with Gasteiger partial charge < -0.3 is 4.74 Å². The quantitative estimate of drug-likeness (QED) is 0.751. The number of hydrogen-bond donors (Lipinski definition) is 0. The molecule has 1 aliphatic carbocycles. The summed E-state index contributed by atoms with van der Waals surface area (Å²) in [7, 11) is 0. The van der Waals surface area contributed by atoms with Crippen molar-refractivity contribution in [2.45, 2.75) is 32.1 Å². The van der Waals surface area contributed by atoms with E-state index in [0.29, 0.717) is 18.6 Å². The molecule has 0 N–H and O–H groups in total. The van der Waals surface area contributed by atoms with E-state index < -0.39 is 0 Å². The lowest BCUT2D eigenvalue weighted by Crippen LogP contribution is -2.30. The fourth-order valence-corrected chi connectivity index (χ4v) is 2.41. The number of ketones is 1. The molecule has 0 aliphatic heterocycles. The minimum Gasteiger partial charge on any atom is -0.431 e. The molecule has 1 aromatic carbocycles. The molecule has 0 amide bonds. The predicted octanol–water partition coefficient (Wildman–Crippen LogP) is 2.75. The lowest BCUT2D eigenvalue weighted by atomic mass is 9.72. The summed E-state index contributed by atoms with van der Waals surface area (Å²) in [6.07, 6.45) is 2.45. The average molecular weight is 244 g/mol. The van der Waals surface area contributed by atoms with Gasteiger partial charge in [-0.1, -0.05) is 37.3 Å². The van der Waals surface area contributed by atoms with Crippen molar-refractivity contribution in [3.05, 3.63) is 47.7 Å². The average Bonchev–Trinajstić information content (AvgIpc) is 2.28. The van der Waals surface area contributed by atoms with Crippen LogP contribution in [0.3, 0.4) is 0 Å². The normalized spacial score (nSPS) is 23.4. The standard InChI is InChI=1S/C15H16O3/c1-11(16)18-14-8-13(17)9-15(2,10-14)12-6-4-3-5-7-12/h3-8H,9-10H2,1-2H3. The molecule has 1 unspecified atom stereocenters. The molecule has 0 radical (unpaired) electrons. The molecule has 0 aromatic heterocycles. The molecule has 18 heavy (non-hydrogen) atoms. The van der Waals surface area contributed by atoms with Gasteiger partial charge in [-0.3, -0.25) is 9.59 Å². The number of rotatable bonds is 2. The Bertz CT molecular complexity index is 502. The molecule has 94 valence electrons. The summed E-state index contributed by atoms with van der Waals surface area (Å²) in [5.41, 5.74) is 0.800. The van der Waals surface area contributed by atoms with Gasteiger partial charge in [-0.25, -0.2) is 0 Å². The molecule has 1 aliphatic rings. The smallest absolute Gasteiger partial charge is 0.307 e. The highest BCUT2D eigenvalue weighted by Gasteiger charge is 2.34. The minimum atomic E-state index is -0.383. The van der Waals surface area contributed by atoms with E-state index in [1.54, 1.807) is 0 Å². The maximum atomic E-state index is 11.8. The van der Waals surface area contributed by atoms with Crippen molar-refractivity contribution in [3.8, 4) is 0 Å². The van der Waals surface area contributed by atoms with Crippen LogP contribution >= 0.6 is 0 Å². The molecule has 0 heterocycles. The highest BCUT2D eigenvalue weighted by Crippen LogP contribution is 2.38. The van der Waals surface area contributed by atoms with Gasteiger partial charge in [0.2, 0.25) is 0 Å². The molecule has 0 fully saturated rings. The summed E-state index contributed by atoms with van der Waals surface area (Å²) < 4.78 is 5.08. The third-order valence-electron chi connectivity index (χ3n) is 3.20. The van der Waals surface area contributed by atoms with E-state index in [0.717, 1.165) is 5.56 Å². The second-order valence-electron chi connectivity index (χ2n) is 4.95. The van der Waals surface area contributed by atoms with Crippen LogP contribution in [-0.2, 0) is 19.7 Å². The van der Waals surface area contributed by atoms with Gasteiger partial charge in [-0.15, -0.1) is 0 Å². The van der Waals surface area contributed by atoms with Gasteiger partial charge >= 0.3 is 5.97 Å². The third kappa shape index (κ3) is 2.67. The van der Waals surface area contributed by atoms with Crippen molar-refractivity contribution in [2.75, 3.05) is 0 Å². The van der Waals surface area contributed by atoms with Crippen molar-refractivity contribution in [2.24, 2.45) is 0 Å². The Hall–Kier alpha value is -1.90. The first-order valence-electron chi connectivity index (χ1n) is 5.97. The Kier molecular flexibility index (Phi) is 3.32. The number of carbonyl (C=O) groups is 2. The first-order valence-corrected chi connectivity index (χ1v) is 5.97. The van der Waals surface area contributed by atoms with Crippen molar-refractivity contribution in [1.29, 1.82) is 0 Å². The number of hydrogen-bond acceptors (Lipinski definition) is 3. The number of esters is 1. The second kappa shape index (κ2) is 4.77. The first kappa shape index (κ1) is 12.6. The Morgan fingerprint density at radius 3 is 2.50 bits per heavy atom. The van der Waals surface area contributed by atoms with Gasteiger partial charge in [-0.05, 0) is 5.56 Å². The topological polar surface area (TPSA) is 43.4 Å². The zero-order chi connectivity index (χ0) is 13.2. The van der Waals surface area contributed by atoms with Crippen LogP contribution in [0, 0.1) is 0 Å². The van der Waals surface area contributed by atoms with E-state index in [4.69, 9.17) is 4.74 Å². The van der Waals surface area contributed by atoms with Crippen LogP contribution in [0.15, 0.2) is 42.2 Å². The van der Waals surface area contributed by atoms with E-state index in [2.05, 4.69) is 0 Å². The molecule has 1 aromatic rings. The monoisotopic (exact) mass is 244 g/mol. The summed E-state index contributed by atoms with van der Waals surface area (Å²) in [5, 5.41) is 0. The summed E-state index contributed by atoms with van der Waals surface area (Å²) in [6.45, 7) is 3.37. The summed E-state index contributed by atoms with van der Waals surface area (Å²) in [4.78, 5) is 22.8. The van der Waals surface area contributed by atoms with E-state index >= 15 is 0 Å². The van der Waals surface area contributed by atoms with Crippen LogP contribution in [0.1, 0.15) is 32.3 Å². The number of ether oxygens (including phenoxy) is 1. The van der Waals surface area contributed by atoms with Crippen LogP contribution < -0.4 is 0 Å². The van der Waals surface area contributed by atoms with E-state index in [9.17, 15) is 9.59 Å². The Balaban J connectivity index is 2.29. The van der Waals surface area contributed by atoms with Gasteiger partial charge in [0, 0.05) is 31.3 Å². The van der Waals surface area contributed by atoms with E-state index in [-0.39, 0.29) is 17.2 Å². The van der Waals surface area contributed by atoms with Gasteiger partial charge in [0.1, 0.15) is 5.76 Å².